The van der Waals surface area contributed by atoms with Crippen molar-refractivity contribution in [3.8, 4) is 0 Å². The molecule has 0 atom stereocenters. The lowest BCUT2D eigenvalue weighted by Gasteiger charge is -2.31. The first-order chi connectivity index (χ1) is 5.62. The van der Waals surface area contributed by atoms with Gasteiger partial charge in [0.25, 0.3) is 0 Å². The molecule has 0 heterocycles. The lowest BCUT2D eigenvalue weighted by molar-refractivity contribution is 0.202. The molecule has 1 rings (SSSR count). The maximum atomic E-state index is 2.37. The van der Waals surface area contributed by atoms with Crippen LogP contribution in [0.1, 0.15) is 67.2 Å². The molecule has 0 nitrogen and oxygen atoms in total. The average Bonchev–Trinajstić information content (AvgIpc) is 2.36. The Morgan fingerprint density at radius 2 is 1.08 bits per heavy atom. The fourth-order valence-electron chi connectivity index (χ4n) is 2.84. The van der Waals surface area contributed by atoms with Crippen molar-refractivity contribution in [2.24, 2.45) is 16.2 Å². The molecule has 1 saturated carbocycles. The van der Waals surface area contributed by atoms with Crippen LogP contribution >= 0.6 is 0 Å². The van der Waals surface area contributed by atoms with Crippen LogP contribution in [0.2, 0.25) is 0 Å². The van der Waals surface area contributed by atoms with Gasteiger partial charge in [-0.1, -0.05) is 41.5 Å². The smallest absolute Gasteiger partial charge is 0.0287 e. The largest absolute Gasteiger partial charge is 0.0602 e. The molecule has 0 radical (unpaired) electrons. The first-order valence-corrected chi connectivity index (χ1v) is 5.62. The third-order valence-corrected chi connectivity index (χ3v) is 2.77. The summed E-state index contributed by atoms with van der Waals surface area (Å²) in [5, 5.41) is 0. The highest BCUT2D eigenvalue weighted by molar-refractivity contribution is 4.97. The predicted octanol–water partition coefficient (Wildman–Crippen LogP) is 4.64. The molecule has 0 aromatic heterocycles. The van der Waals surface area contributed by atoms with Crippen LogP contribution in [0.25, 0.3) is 0 Å². The van der Waals surface area contributed by atoms with Gasteiger partial charge in [-0.3, -0.25) is 0 Å². The van der Waals surface area contributed by atoms with Gasteiger partial charge in [-0.15, -0.1) is 0 Å². The maximum absolute atomic E-state index is 2.37. The van der Waals surface area contributed by atoms with Crippen LogP contribution in [0, 0.1) is 16.2 Å². The van der Waals surface area contributed by atoms with Crippen LogP contribution in [0.4, 0.5) is 0 Å². The van der Waals surface area contributed by atoms with Crippen LogP contribution in [0.15, 0.2) is 0 Å². The molecule has 0 aliphatic heterocycles. The van der Waals surface area contributed by atoms with E-state index in [2.05, 4.69) is 41.5 Å². The first-order valence-electron chi connectivity index (χ1n) is 5.62. The van der Waals surface area contributed by atoms with E-state index in [-0.39, 0.29) is 0 Å². The highest BCUT2D eigenvalue weighted by atomic mass is 14.5. The molecule has 78 valence electrons. The molecule has 13 heavy (non-hydrogen) atoms. The van der Waals surface area contributed by atoms with E-state index in [4.69, 9.17) is 0 Å². The minimum absolute atomic E-state index is 0.516. The quantitative estimate of drug-likeness (QED) is 0.583. The summed E-state index contributed by atoms with van der Waals surface area (Å²) in [6.07, 6.45) is 5.78. The standard InChI is InChI=1S/C13H26/c1-11(2,3)9-13(7-8-13)10-12(4,5)6/h7-10H2,1-6H3. The second-order valence-electron chi connectivity index (χ2n) is 7.47. The Morgan fingerprint density at radius 1 is 0.769 bits per heavy atom. The lowest BCUT2D eigenvalue weighted by Crippen LogP contribution is -2.20. The van der Waals surface area contributed by atoms with E-state index >= 15 is 0 Å². The molecule has 1 fully saturated rings. The Labute approximate surface area is 84.1 Å². The average molecular weight is 182 g/mol. The molecule has 1 aliphatic rings. The Hall–Kier alpha value is 0. The summed E-state index contributed by atoms with van der Waals surface area (Å²) >= 11 is 0. The van der Waals surface area contributed by atoms with E-state index in [1.54, 1.807) is 0 Å². The molecule has 0 bridgehead atoms. The van der Waals surface area contributed by atoms with E-state index in [1.807, 2.05) is 0 Å². The van der Waals surface area contributed by atoms with Gasteiger partial charge in [0.2, 0.25) is 0 Å². The highest BCUT2D eigenvalue weighted by Gasteiger charge is 2.46. The Kier molecular flexibility index (Phi) is 2.56. The summed E-state index contributed by atoms with van der Waals surface area (Å²) in [4.78, 5) is 0. The molecular weight excluding hydrogens is 156 g/mol. The zero-order chi connectivity index (χ0) is 10.3. The van der Waals surface area contributed by atoms with Gasteiger partial charge >= 0.3 is 0 Å². The number of hydrogen-bond acceptors (Lipinski definition) is 0. The minimum Gasteiger partial charge on any atom is -0.0602 e. The highest BCUT2D eigenvalue weighted by Crippen LogP contribution is 2.58. The van der Waals surface area contributed by atoms with E-state index in [9.17, 15) is 0 Å². The number of rotatable bonds is 2. The zero-order valence-electron chi connectivity index (χ0n) is 10.3. The van der Waals surface area contributed by atoms with Crippen LogP contribution in [-0.2, 0) is 0 Å². The van der Waals surface area contributed by atoms with Gasteiger partial charge in [0.15, 0.2) is 0 Å². The monoisotopic (exact) mass is 182 g/mol. The summed E-state index contributed by atoms with van der Waals surface area (Å²) in [5.74, 6) is 0. The SMILES string of the molecule is CC(C)(C)CC1(CC(C)(C)C)CC1. The van der Waals surface area contributed by atoms with Gasteiger partial charge < -0.3 is 0 Å². The van der Waals surface area contributed by atoms with Crippen molar-refractivity contribution >= 4 is 0 Å². The molecule has 1 aliphatic carbocycles. The summed E-state index contributed by atoms with van der Waals surface area (Å²) in [5.41, 5.74) is 1.75. The molecule has 0 aromatic rings. The second kappa shape index (κ2) is 3.00. The van der Waals surface area contributed by atoms with Crippen molar-refractivity contribution in [1.82, 2.24) is 0 Å². The van der Waals surface area contributed by atoms with Gasteiger partial charge in [0, 0.05) is 0 Å². The molecule has 0 amide bonds. The summed E-state index contributed by atoms with van der Waals surface area (Å²) in [6, 6.07) is 0. The molecule has 0 aromatic carbocycles. The van der Waals surface area contributed by atoms with Crippen LogP contribution in [-0.4, -0.2) is 0 Å². The van der Waals surface area contributed by atoms with Crippen molar-refractivity contribution in [2.75, 3.05) is 0 Å². The molecule has 0 heteroatoms. The zero-order valence-corrected chi connectivity index (χ0v) is 10.3. The molecule has 0 N–H and O–H groups in total. The summed E-state index contributed by atoms with van der Waals surface area (Å²) in [7, 11) is 0. The van der Waals surface area contributed by atoms with Crippen molar-refractivity contribution in [3.63, 3.8) is 0 Å². The third-order valence-electron chi connectivity index (χ3n) is 2.77. The fraction of sp³-hybridized carbons (Fsp3) is 1.00. The van der Waals surface area contributed by atoms with Crippen molar-refractivity contribution in [1.29, 1.82) is 0 Å². The molecular formula is C13H26. The maximum Gasteiger partial charge on any atom is -0.0287 e. The second-order valence-corrected chi connectivity index (χ2v) is 7.47. The molecule has 0 saturated heterocycles. The minimum atomic E-state index is 0.516. The van der Waals surface area contributed by atoms with Crippen molar-refractivity contribution < 1.29 is 0 Å². The van der Waals surface area contributed by atoms with Crippen molar-refractivity contribution in [2.45, 2.75) is 67.2 Å². The van der Waals surface area contributed by atoms with Crippen LogP contribution in [0.3, 0.4) is 0 Å². The Balaban J connectivity index is 2.49. The number of hydrogen-bond donors (Lipinski definition) is 0. The van der Waals surface area contributed by atoms with E-state index < -0.39 is 0 Å². The summed E-state index contributed by atoms with van der Waals surface area (Å²) in [6.45, 7) is 14.2. The third kappa shape index (κ3) is 4.15. The van der Waals surface area contributed by atoms with Gasteiger partial charge in [-0.25, -0.2) is 0 Å². The van der Waals surface area contributed by atoms with Crippen LogP contribution in [0.5, 0.6) is 0 Å². The lowest BCUT2D eigenvalue weighted by atomic mass is 9.75. The summed E-state index contributed by atoms with van der Waals surface area (Å²) < 4.78 is 0. The Bertz CT molecular complexity index is 153. The van der Waals surface area contributed by atoms with Gasteiger partial charge in [-0.05, 0) is 41.9 Å². The van der Waals surface area contributed by atoms with Gasteiger partial charge in [0.05, 0.1) is 0 Å². The van der Waals surface area contributed by atoms with Crippen molar-refractivity contribution in [3.05, 3.63) is 0 Å². The predicted molar refractivity (Wildman–Crippen MR) is 59.8 cm³/mol. The van der Waals surface area contributed by atoms with E-state index in [1.165, 1.54) is 25.7 Å². The Morgan fingerprint density at radius 3 is 1.23 bits per heavy atom. The normalized spacial score (nSPS) is 21.7. The first kappa shape index (κ1) is 11.1. The topological polar surface area (TPSA) is 0 Å². The molecule has 0 unspecified atom stereocenters. The van der Waals surface area contributed by atoms with E-state index in [0.29, 0.717) is 10.8 Å². The van der Waals surface area contributed by atoms with Crippen LogP contribution < -0.4 is 0 Å². The fourth-order valence-corrected chi connectivity index (χ4v) is 2.84. The molecule has 0 spiro atoms. The van der Waals surface area contributed by atoms with E-state index in [0.717, 1.165) is 5.41 Å². The van der Waals surface area contributed by atoms with Gasteiger partial charge in [-0.2, -0.15) is 0 Å². The van der Waals surface area contributed by atoms with Gasteiger partial charge in [0.1, 0.15) is 0 Å².